The lowest BCUT2D eigenvalue weighted by atomic mass is 10.1. The van der Waals surface area contributed by atoms with Crippen LogP contribution in [0.4, 0.5) is 0 Å². The maximum Gasteiger partial charge on any atom is 0.169 e. The number of benzene rings is 1. The van der Waals surface area contributed by atoms with Gasteiger partial charge in [0, 0.05) is 25.2 Å². The first-order valence-corrected chi connectivity index (χ1v) is 7.47. The largest absolute Gasteiger partial charge is 0.492 e. The van der Waals surface area contributed by atoms with E-state index in [9.17, 15) is 0 Å². The Morgan fingerprint density at radius 3 is 2.85 bits per heavy atom. The van der Waals surface area contributed by atoms with E-state index in [0.717, 1.165) is 29.3 Å². The van der Waals surface area contributed by atoms with Gasteiger partial charge in [0.05, 0.1) is 6.04 Å². The number of ether oxygens (including phenoxy) is 1. The van der Waals surface area contributed by atoms with Crippen molar-refractivity contribution < 1.29 is 9.15 Å². The van der Waals surface area contributed by atoms with Gasteiger partial charge in [0.1, 0.15) is 18.1 Å². The molecular weight excluding hydrogens is 320 g/mol. The number of furan rings is 1. The van der Waals surface area contributed by atoms with Crippen molar-refractivity contribution in [2.45, 2.75) is 12.6 Å². The van der Waals surface area contributed by atoms with E-state index in [1.807, 2.05) is 30.3 Å². The minimum atomic E-state index is 0.0658. The molecule has 0 saturated carbocycles. The van der Waals surface area contributed by atoms with Gasteiger partial charge in [-0.05, 0) is 34.1 Å². The van der Waals surface area contributed by atoms with E-state index in [-0.39, 0.29) is 6.04 Å². The van der Waals surface area contributed by atoms with Gasteiger partial charge in [-0.25, -0.2) is 0 Å². The van der Waals surface area contributed by atoms with E-state index in [0.29, 0.717) is 13.2 Å². The summed E-state index contributed by atoms with van der Waals surface area (Å²) in [5.74, 6) is 1.85. The molecule has 5 heteroatoms. The van der Waals surface area contributed by atoms with Gasteiger partial charge >= 0.3 is 0 Å². The second-order valence-electron chi connectivity index (χ2n) is 4.82. The lowest BCUT2D eigenvalue weighted by Crippen LogP contribution is -2.34. The van der Waals surface area contributed by atoms with Crippen LogP contribution >= 0.6 is 15.9 Å². The van der Waals surface area contributed by atoms with Gasteiger partial charge in [-0.3, -0.25) is 4.90 Å². The molecule has 1 aromatic carbocycles. The number of para-hydroxylation sites is 1. The SMILES string of the molecule is NCC(c1ccc(Br)o1)N1CCOc2ccccc2C1. The molecule has 0 radical (unpaired) electrons. The average molecular weight is 337 g/mol. The predicted octanol–water partition coefficient (Wildman–Crippen LogP) is 2.94. The van der Waals surface area contributed by atoms with Crippen LogP contribution in [0.15, 0.2) is 45.5 Å². The number of hydrogen-bond donors (Lipinski definition) is 1. The molecular formula is C15H17BrN2O2. The quantitative estimate of drug-likeness (QED) is 0.936. The van der Waals surface area contributed by atoms with Crippen molar-refractivity contribution in [1.82, 2.24) is 4.90 Å². The summed E-state index contributed by atoms with van der Waals surface area (Å²) in [5.41, 5.74) is 7.15. The van der Waals surface area contributed by atoms with E-state index in [1.54, 1.807) is 0 Å². The van der Waals surface area contributed by atoms with Crippen molar-refractivity contribution in [3.05, 3.63) is 52.4 Å². The Bertz CT molecular complexity index is 585. The molecule has 2 heterocycles. The molecule has 0 aliphatic carbocycles. The number of halogens is 1. The van der Waals surface area contributed by atoms with E-state index in [2.05, 4.69) is 26.9 Å². The summed E-state index contributed by atoms with van der Waals surface area (Å²) < 4.78 is 12.2. The fourth-order valence-corrected chi connectivity index (χ4v) is 2.88. The molecule has 4 nitrogen and oxygen atoms in total. The minimum Gasteiger partial charge on any atom is -0.492 e. The normalized spacial score (nSPS) is 17.1. The number of nitrogens with two attached hydrogens (primary N) is 1. The Morgan fingerprint density at radius 1 is 1.25 bits per heavy atom. The molecule has 0 bridgehead atoms. The first kappa shape index (κ1) is 13.7. The maximum absolute atomic E-state index is 5.96. The summed E-state index contributed by atoms with van der Waals surface area (Å²) in [6.07, 6.45) is 0. The van der Waals surface area contributed by atoms with Crippen LogP contribution in [0.1, 0.15) is 17.4 Å². The molecule has 106 valence electrons. The summed E-state index contributed by atoms with van der Waals surface area (Å²) in [7, 11) is 0. The molecule has 1 aliphatic heterocycles. The van der Waals surface area contributed by atoms with Gasteiger partial charge in [-0.2, -0.15) is 0 Å². The number of fused-ring (bicyclic) bond motifs is 1. The zero-order chi connectivity index (χ0) is 13.9. The standard InChI is InChI=1S/C15H17BrN2O2/c16-15-6-5-14(20-15)12(9-17)18-7-8-19-13-4-2-1-3-11(13)10-18/h1-6,12H,7-10,17H2. The van der Waals surface area contributed by atoms with Crippen molar-refractivity contribution in [3.8, 4) is 5.75 Å². The Hall–Kier alpha value is -1.30. The summed E-state index contributed by atoms with van der Waals surface area (Å²) in [6, 6.07) is 12.1. The first-order chi connectivity index (χ1) is 9.78. The highest BCUT2D eigenvalue weighted by Gasteiger charge is 2.25. The summed E-state index contributed by atoms with van der Waals surface area (Å²) in [4.78, 5) is 2.30. The monoisotopic (exact) mass is 336 g/mol. The molecule has 2 N–H and O–H groups in total. The van der Waals surface area contributed by atoms with Crippen LogP contribution < -0.4 is 10.5 Å². The van der Waals surface area contributed by atoms with E-state index in [4.69, 9.17) is 14.9 Å². The van der Waals surface area contributed by atoms with Crippen LogP contribution in [0.2, 0.25) is 0 Å². The van der Waals surface area contributed by atoms with Crippen molar-refractivity contribution >= 4 is 15.9 Å². The van der Waals surface area contributed by atoms with Gasteiger partial charge in [0.2, 0.25) is 0 Å². The topological polar surface area (TPSA) is 51.6 Å². The molecule has 3 rings (SSSR count). The third-order valence-electron chi connectivity index (χ3n) is 3.57. The van der Waals surface area contributed by atoms with Crippen molar-refractivity contribution in [2.75, 3.05) is 19.7 Å². The highest BCUT2D eigenvalue weighted by atomic mass is 79.9. The second-order valence-corrected chi connectivity index (χ2v) is 5.60. The molecule has 2 aromatic rings. The zero-order valence-electron chi connectivity index (χ0n) is 11.1. The van der Waals surface area contributed by atoms with E-state index in [1.165, 1.54) is 5.56 Å². The Morgan fingerprint density at radius 2 is 2.10 bits per heavy atom. The molecule has 0 fully saturated rings. The van der Waals surface area contributed by atoms with Crippen LogP contribution in [0.3, 0.4) is 0 Å². The Kier molecular flexibility index (Phi) is 4.10. The number of rotatable bonds is 3. The molecule has 1 unspecified atom stereocenters. The smallest absolute Gasteiger partial charge is 0.169 e. The van der Waals surface area contributed by atoms with Crippen LogP contribution in [-0.4, -0.2) is 24.6 Å². The fourth-order valence-electron chi connectivity index (χ4n) is 2.56. The number of hydrogen-bond acceptors (Lipinski definition) is 4. The van der Waals surface area contributed by atoms with Crippen molar-refractivity contribution in [1.29, 1.82) is 0 Å². The molecule has 1 aliphatic rings. The third-order valence-corrected chi connectivity index (χ3v) is 3.99. The van der Waals surface area contributed by atoms with Gasteiger partial charge < -0.3 is 14.9 Å². The zero-order valence-corrected chi connectivity index (χ0v) is 12.7. The van der Waals surface area contributed by atoms with Crippen LogP contribution in [0.5, 0.6) is 5.75 Å². The van der Waals surface area contributed by atoms with Gasteiger partial charge in [-0.1, -0.05) is 18.2 Å². The van der Waals surface area contributed by atoms with Crippen LogP contribution in [0, 0.1) is 0 Å². The van der Waals surface area contributed by atoms with Gasteiger partial charge in [-0.15, -0.1) is 0 Å². The summed E-state index contributed by atoms with van der Waals surface area (Å²) in [6.45, 7) is 2.82. The first-order valence-electron chi connectivity index (χ1n) is 6.68. The Labute approximate surface area is 126 Å². The molecule has 0 saturated heterocycles. The average Bonchev–Trinajstić information content (AvgIpc) is 2.76. The van der Waals surface area contributed by atoms with Gasteiger partial charge in [0.15, 0.2) is 4.67 Å². The molecule has 1 atom stereocenters. The van der Waals surface area contributed by atoms with Gasteiger partial charge in [0.25, 0.3) is 0 Å². The third kappa shape index (κ3) is 2.75. The fraction of sp³-hybridized carbons (Fsp3) is 0.333. The Balaban J connectivity index is 1.86. The van der Waals surface area contributed by atoms with E-state index < -0.39 is 0 Å². The lowest BCUT2D eigenvalue weighted by molar-refractivity contribution is 0.155. The summed E-state index contributed by atoms with van der Waals surface area (Å²) in [5, 5.41) is 0. The number of nitrogens with zero attached hydrogens (tertiary/aromatic N) is 1. The lowest BCUT2D eigenvalue weighted by Gasteiger charge is -2.27. The van der Waals surface area contributed by atoms with Crippen molar-refractivity contribution in [2.24, 2.45) is 5.73 Å². The predicted molar refractivity (Wildman–Crippen MR) is 80.6 cm³/mol. The maximum atomic E-state index is 5.96. The molecule has 1 aromatic heterocycles. The molecule has 0 amide bonds. The molecule has 20 heavy (non-hydrogen) atoms. The molecule has 0 spiro atoms. The van der Waals surface area contributed by atoms with Crippen LogP contribution in [0.25, 0.3) is 0 Å². The highest BCUT2D eigenvalue weighted by molar-refractivity contribution is 9.10. The summed E-state index contributed by atoms with van der Waals surface area (Å²) >= 11 is 3.34. The van der Waals surface area contributed by atoms with Crippen LogP contribution in [-0.2, 0) is 6.54 Å². The second kappa shape index (κ2) is 5.99. The highest BCUT2D eigenvalue weighted by Crippen LogP contribution is 2.29. The van der Waals surface area contributed by atoms with E-state index >= 15 is 0 Å². The minimum absolute atomic E-state index is 0.0658. The van der Waals surface area contributed by atoms with Crippen molar-refractivity contribution in [3.63, 3.8) is 0 Å².